The second-order valence-corrected chi connectivity index (χ2v) is 3.02. The van der Waals surface area contributed by atoms with Crippen molar-refractivity contribution in [3.05, 3.63) is 36.0 Å². The van der Waals surface area contributed by atoms with Crippen LogP contribution in [0.2, 0.25) is 0 Å². The normalized spacial score (nSPS) is 22.5. The second kappa shape index (κ2) is 8.76. The molecule has 0 aromatic carbocycles. The van der Waals surface area contributed by atoms with Gasteiger partial charge in [0.25, 0.3) is 0 Å². The fraction of sp³-hybridized carbons (Fsp3) is 0.538. The van der Waals surface area contributed by atoms with E-state index in [-0.39, 0.29) is 0 Å². The molecule has 0 saturated carbocycles. The molecule has 0 aromatic heterocycles. The monoisotopic (exact) mass is 193 g/mol. The highest BCUT2D eigenvalue weighted by molar-refractivity contribution is 5.34. The van der Waals surface area contributed by atoms with Crippen LogP contribution in [0.25, 0.3) is 0 Å². The Labute approximate surface area is 88.6 Å². The van der Waals surface area contributed by atoms with Crippen molar-refractivity contribution >= 4 is 0 Å². The van der Waals surface area contributed by atoms with Crippen LogP contribution in [-0.4, -0.2) is 13.1 Å². The van der Waals surface area contributed by atoms with Crippen LogP contribution in [0.5, 0.6) is 0 Å². The van der Waals surface area contributed by atoms with Gasteiger partial charge in [-0.3, -0.25) is 0 Å². The largest absolute Gasteiger partial charge is 0.313 e. The molecule has 0 spiro atoms. The van der Waals surface area contributed by atoms with E-state index in [4.69, 9.17) is 0 Å². The minimum absolute atomic E-state index is 1.01. The Kier molecular flexibility index (Phi) is 8.25. The van der Waals surface area contributed by atoms with Gasteiger partial charge in [-0.2, -0.15) is 0 Å². The average molecular weight is 193 g/mol. The summed E-state index contributed by atoms with van der Waals surface area (Å²) in [4.78, 5) is 0. The van der Waals surface area contributed by atoms with Crippen molar-refractivity contribution in [3.8, 4) is 0 Å². The summed E-state index contributed by atoms with van der Waals surface area (Å²) < 4.78 is 0. The van der Waals surface area contributed by atoms with Crippen molar-refractivity contribution in [1.82, 2.24) is 5.32 Å². The summed E-state index contributed by atoms with van der Waals surface area (Å²) in [5, 5.41) is 3.39. The molecule has 1 aliphatic heterocycles. The Morgan fingerprint density at radius 2 is 2.00 bits per heavy atom. The maximum absolute atomic E-state index is 3.73. The fourth-order valence-electron chi connectivity index (χ4n) is 1.52. The Bertz CT molecular complexity index is 211. The molecule has 1 heterocycles. The van der Waals surface area contributed by atoms with Gasteiger partial charge in [-0.05, 0) is 37.5 Å². The molecule has 0 unspecified atom stereocenters. The standard InChI is InChI=1S/C11H17N.C2H6/c1-3-6-11-7-5-8-12-9-10(11)4-2;1-2/h3-4,6,12H,1,5,7-9H2,2H3;1-2H3/b10-4-,11-6-;. The summed E-state index contributed by atoms with van der Waals surface area (Å²) in [7, 11) is 0. The highest BCUT2D eigenvalue weighted by Gasteiger charge is 2.06. The van der Waals surface area contributed by atoms with E-state index in [1.165, 1.54) is 24.0 Å². The molecular weight excluding hydrogens is 170 g/mol. The molecule has 1 rings (SSSR count). The first-order chi connectivity index (χ1) is 6.88. The van der Waals surface area contributed by atoms with Crippen LogP contribution < -0.4 is 5.32 Å². The second-order valence-electron chi connectivity index (χ2n) is 3.02. The predicted molar refractivity (Wildman–Crippen MR) is 65.5 cm³/mol. The van der Waals surface area contributed by atoms with Crippen molar-refractivity contribution in [2.75, 3.05) is 13.1 Å². The van der Waals surface area contributed by atoms with Gasteiger partial charge in [-0.25, -0.2) is 0 Å². The molecule has 0 radical (unpaired) electrons. The maximum Gasteiger partial charge on any atom is 0.0204 e. The van der Waals surface area contributed by atoms with Gasteiger partial charge in [0.2, 0.25) is 0 Å². The van der Waals surface area contributed by atoms with Gasteiger partial charge < -0.3 is 5.32 Å². The molecule has 1 nitrogen and oxygen atoms in total. The summed E-state index contributed by atoms with van der Waals surface area (Å²) in [5.41, 5.74) is 2.87. The number of hydrogen-bond donors (Lipinski definition) is 1. The molecule has 0 amide bonds. The quantitative estimate of drug-likeness (QED) is 0.672. The molecule has 0 aromatic rings. The fourth-order valence-corrected chi connectivity index (χ4v) is 1.52. The third kappa shape index (κ3) is 4.43. The number of rotatable bonds is 1. The molecule has 1 heteroatoms. The zero-order valence-electron chi connectivity index (χ0n) is 9.77. The van der Waals surface area contributed by atoms with Crippen LogP contribution >= 0.6 is 0 Å². The van der Waals surface area contributed by atoms with Crippen molar-refractivity contribution in [3.63, 3.8) is 0 Å². The zero-order valence-corrected chi connectivity index (χ0v) is 9.77. The van der Waals surface area contributed by atoms with Crippen LogP contribution in [0.15, 0.2) is 36.0 Å². The molecule has 1 saturated heterocycles. The maximum atomic E-state index is 3.73. The number of hydrogen-bond acceptors (Lipinski definition) is 1. The van der Waals surface area contributed by atoms with Crippen LogP contribution in [0, 0.1) is 0 Å². The molecule has 0 aliphatic carbocycles. The van der Waals surface area contributed by atoms with Crippen LogP contribution in [0.3, 0.4) is 0 Å². The highest BCUT2D eigenvalue weighted by atomic mass is 14.9. The summed E-state index contributed by atoms with van der Waals surface area (Å²) in [6.07, 6.45) is 8.61. The average Bonchev–Trinajstić information content (AvgIpc) is 2.47. The van der Waals surface area contributed by atoms with E-state index in [2.05, 4.69) is 31.0 Å². The van der Waals surface area contributed by atoms with Crippen LogP contribution in [-0.2, 0) is 0 Å². The first-order valence-electron chi connectivity index (χ1n) is 5.56. The van der Waals surface area contributed by atoms with E-state index in [9.17, 15) is 0 Å². The van der Waals surface area contributed by atoms with E-state index in [0.29, 0.717) is 0 Å². The minimum Gasteiger partial charge on any atom is -0.313 e. The SMILES string of the molecule is C=C/C=C1/CCCNC/C1=C/C.CC. The molecule has 0 bridgehead atoms. The summed E-state index contributed by atoms with van der Waals surface area (Å²) in [6, 6.07) is 0. The van der Waals surface area contributed by atoms with Gasteiger partial charge in [0.1, 0.15) is 0 Å². The summed E-state index contributed by atoms with van der Waals surface area (Å²) >= 11 is 0. The molecule has 0 atom stereocenters. The predicted octanol–water partition coefficient (Wildman–Crippen LogP) is 3.45. The Balaban J connectivity index is 0.000000791. The van der Waals surface area contributed by atoms with Crippen molar-refractivity contribution in [1.29, 1.82) is 0 Å². The van der Waals surface area contributed by atoms with Crippen molar-refractivity contribution in [2.24, 2.45) is 0 Å². The molecule has 14 heavy (non-hydrogen) atoms. The van der Waals surface area contributed by atoms with Gasteiger partial charge in [0, 0.05) is 6.54 Å². The van der Waals surface area contributed by atoms with Gasteiger partial charge >= 0.3 is 0 Å². The van der Waals surface area contributed by atoms with E-state index in [1.807, 2.05) is 19.9 Å². The molecule has 80 valence electrons. The smallest absolute Gasteiger partial charge is 0.0204 e. The van der Waals surface area contributed by atoms with Gasteiger partial charge in [0.05, 0.1) is 0 Å². The number of allylic oxidation sites excluding steroid dienone is 3. The lowest BCUT2D eigenvalue weighted by atomic mass is 10.0. The van der Waals surface area contributed by atoms with Gasteiger partial charge in [-0.15, -0.1) is 0 Å². The number of nitrogens with one attached hydrogen (secondary N) is 1. The molecular formula is C13H23N. The van der Waals surface area contributed by atoms with Crippen molar-refractivity contribution < 1.29 is 0 Å². The van der Waals surface area contributed by atoms with Crippen LogP contribution in [0.4, 0.5) is 0 Å². The third-order valence-corrected chi connectivity index (χ3v) is 2.20. The zero-order chi connectivity index (χ0) is 10.8. The minimum atomic E-state index is 1.01. The van der Waals surface area contributed by atoms with E-state index >= 15 is 0 Å². The third-order valence-electron chi connectivity index (χ3n) is 2.20. The van der Waals surface area contributed by atoms with E-state index in [1.54, 1.807) is 0 Å². The summed E-state index contributed by atoms with van der Waals surface area (Å²) in [5.74, 6) is 0. The van der Waals surface area contributed by atoms with Gasteiger partial charge in [-0.1, -0.05) is 38.7 Å². The van der Waals surface area contributed by atoms with E-state index < -0.39 is 0 Å². The first kappa shape index (κ1) is 13.2. The molecule has 1 N–H and O–H groups in total. The Hall–Kier alpha value is -0.820. The highest BCUT2D eigenvalue weighted by Crippen LogP contribution is 2.17. The van der Waals surface area contributed by atoms with Crippen molar-refractivity contribution in [2.45, 2.75) is 33.6 Å². The van der Waals surface area contributed by atoms with Crippen LogP contribution in [0.1, 0.15) is 33.6 Å². The lowest BCUT2D eigenvalue weighted by Gasteiger charge is -2.05. The summed E-state index contributed by atoms with van der Waals surface area (Å²) in [6.45, 7) is 12.0. The van der Waals surface area contributed by atoms with E-state index in [0.717, 1.165) is 13.1 Å². The lowest BCUT2D eigenvalue weighted by molar-refractivity contribution is 0.722. The molecule has 1 aliphatic rings. The first-order valence-corrected chi connectivity index (χ1v) is 5.56. The topological polar surface area (TPSA) is 12.0 Å². The Morgan fingerprint density at radius 1 is 1.29 bits per heavy atom. The lowest BCUT2D eigenvalue weighted by Crippen LogP contribution is -2.15. The molecule has 1 fully saturated rings. The Morgan fingerprint density at radius 3 is 2.57 bits per heavy atom. The van der Waals surface area contributed by atoms with Gasteiger partial charge in [0.15, 0.2) is 0 Å².